The number of fused-ring (bicyclic) bond motifs is 1. The van der Waals surface area contributed by atoms with Crippen LogP contribution in [0.1, 0.15) is 0 Å². The minimum absolute atomic E-state index is 0.0465. The van der Waals surface area contributed by atoms with Crippen LogP contribution in [0.15, 0.2) is 39.6 Å². The van der Waals surface area contributed by atoms with Crippen molar-refractivity contribution in [1.29, 1.82) is 0 Å². The number of thiophene rings is 1. The van der Waals surface area contributed by atoms with E-state index in [4.69, 9.17) is 11.6 Å². The maximum Gasteiger partial charge on any atom is 0.262 e. The quantitative estimate of drug-likeness (QED) is 0.553. The SMILES string of the molecule is Cn1c(SCC(=O)Nc2ccc(F)cc2Cl)nc2sccc2c1=O. The van der Waals surface area contributed by atoms with E-state index in [-0.39, 0.29) is 22.2 Å². The van der Waals surface area contributed by atoms with Gasteiger partial charge in [-0.25, -0.2) is 9.37 Å². The van der Waals surface area contributed by atoms with Crippen LogP contribution in [0.25, 0.3) is 10.2 Å². The van der Waals surface area contributed by atoms with Gasteiger partial charge in [0.05, 0.1) is 21.8 Å². The number of anilines is 1. The molecule has 2 heterocycles. The van der Waals surface area contributed by atoms with Crippen molar-refractivity contribution in [1.82, 2.24) is 9.55 Å². The number of amides is 1. The number of benzene rings is 1. The zero-order valence-corrected chi connectivity index (χ0v) is 14.8. The van der Waals surface area contributed by atoms with Gasteiger partial charge >= 0.3 is 0 Å². The van der Waals surface area contributed by atoms with Crippen molar-refractivity contribution in [3.05, 3.63) is 50.8 Å². The van der Waals surface area contributed by atoms with E-state index < -0.39 is 5.82 Å². The minimum atomic E-state index is -0.476. The molecule has 3 rings (SSSR count). The molecule has 0 spiro atoms. The first kappa shape index (κ1) is 16.9. The maximum atomic E-state index is 13.0. The summed E-state index contributed by atoms with van der Waals surface area (Å²) in [5, 5.41) is 5.55. The van der Waals surface area contributed by atoms with Gasteiger partial charge in [-0.15, -0.1) is 11.3 Å². The molecule has 0 radical (unpaired) electrons. The second kappa shape index (κ2) is 6.92. The molecule has 0 saturated carbocycles. The Kier molecular flexibility index (Phi) is 4.88. The van der Waals surface area contributed by atoms with E-state index in [2.05, 4.69) is 10.3 Å². The van der Waals surface area contributed by atoms with Crippen LogP contribution in [-0.4, -0.2) is 21.2 Å². The third kappa shape index (κ3) is 3.45. The summed E-state index contributed by atoms with van der Waals surface area (Å²) in [6, 6.07) is 5.46. The molecule has 1 amide bonds. The highest BCUT2D eigenvalue weighted by atomic mass is 35.5. The fourth-order valence-electron chi connectivity index (χ4n) is 2.02. The van der Waals surface area contributed by atoms with Crippen molar-refractivity contribution < 1.29 is 9.18 Å². The topological polar surface area (TPSA) is 64.0 Å². The second-order valence-corrected chi connectivity index (χ2v) is 7.10. The van der Waals surface area contributed by atoms with E-state index in [1.54, 1.807) is 18.5 Å². The Morgan fingerprint density at radius 1 is 1.46 bits per heavy atom. The smallest absolute Gasteiger partial charge is 0.262 e. The summed E-state index contributed by atoms with van der Waals surface area (Å²) in [5.74, 6) is -0.755. The van der Waals surface area contributed by atoms with Gasteiger partial charge in [-0.2, -0.15) is 0 Å². The molecule has 0 saturated heterocycles. The lowest BCUT2D eigenvalue weighted by Gasteiger charge is -2.09. The van der Waals surface area contributed by atoms with Crippen LogP contribution in [0.5, 0.6) is 0 Å². The lowest BCUT2D eigenvalue weighted by molar-refractivity contribution is -0.113. The zero-order chi connectivity index (χ0) is 17.3. The van der Waals surface area contributed by atoms with Crippen LogP contribution in [-0.2, 0) is 11.8 Å². The third-order valence-corrected chi connectivity index (χ3v) is 5.35. The number of rotatable bonds is 4. The molecule has 5 nitrogen and oxygen atoms in total. The molecule has 2 aromatic heterocycles. The Balaban J connectivity index is 1.72. The molecule has 0 aliphatic rings. The van der Waals surface area contributed by atoms with Crippen LogP contribution in [0.2, 0.25) is 5.02 Å². The highest BCUT2D eigenvalue weighted by Gasteiger charge is 2.12. The number of nitrogens with one attached hydrogen (secondary N) is 1. The van der Waals surface area contributed by atoms with Gasteiger partial charge in [0, 0.05) is 7.05 Å². The third-order valence-electron chi connectivity index (χ3n) is 3.20. The first-order chi connectivity index (χ1) is 11.5. The van der Waals surface area contributed by atoms with E-state index in [0.29, 0.717) is 21.1 Å². The van der Waals surface area contributed by atoms with Crippen molar-refractivity contribution in [3.8, 4) is 0 Å². The first-order valence-electron chi connectivity index (χ1n) is 6.77. The minimum Gasteiger partial charge on any atom is -0.324 e. The Labute approximate surface area is 149 Å². The largest absolute Gasteiger partial charge is 0.324 e. The maximum absolute atomic E-state index is 13.0. The molecule has 1 aromatic carbocycles. The summed E-state index contributed by atoms with van der Waals surface area (Å²) in [5.41, 5.74) is 0.185. The molecule has 0 aliphatic carbocycles. The van der Waals surface area contributed by atoms with Crippen molar-refractivity contribution >= 4 is 56.5 Å². The van der Waals surface area contributed by atoms with E-state index in [0.717, 1.165) is 17.8 Å². The Morgan fingerprint density at radius 3 is 3.00 bits per heavy atom. The molecule has 124 valence electrons. The number of carbonyl (C=O) groups excluding carboxylic acids is 1. The van der Waals surface area contributed by atoms with Gasteiger partial charge in [0.25, 0.3) is 5.56 Å². The predicted octanol–water partition coefficient (Wildman–Crippen LogP) is 3.52. The van der Waals surface area contributed by atoms with Crippen LogP contribution >= 0.6 is 34.7 Å². The van der Waals surface area contributed by atoms with Crippen molar-refractivity contribution in [2.75, 3.05) is 11.1 Å². The van der Waals surface area contributed by atoms with Crippen LogP contribution in [0.3, 0.4) is 0 Å². The molecule has 0 atom stereocenters. The van der Waals surface area contributed by atoms with Crippen molar-refractivity contribution in [2.24, 2.45) is 7.05 Å². The molecule has 0 bridgehead atoms. The molecule has 24 heavy (non-hydrogen) atoms. The average Bonchev–Trinajstić information content (AvgIpc) is 3.01. The zero-order valence-electron chi connectivity index (χ0n) is 12.4. The normalized spacial score (nSPS) is 11.0. The number of halogens is 2. The van der Waals surface area contributed by atoms with Gasteiger partial charge in [-0.3, -0.25) is 14.2 Å². The Bertz CT molecular complexity index is 986. The monoisotopic (exact) mass is 383 g/mol. The molecule has 0 fully saturated rings. The number of nitrogens with zero attached hydrogens (tertiary/aromatic N) is 2. The van der Waals surface area contributed by atoms with E-state index in [1.807, 2.05) is 0 Å². The lowest BCUT2D eigenvalue weighted by atomic mass is 10.3. The number of carbonyl (C=O) groups is 1. The van der Waals surface area contributed by atoms with E-state index in [1.165, 1.54) is 28.0 Å². The second-order valence-electron chi connectivity index (χ2n) is 4.86. The van der Waals surface area contributed by atoms with Gasteiger partial charge < -0.3 is 5.32 Å². The fraction of sp³-hybridized carbons (Fsp3) is 0.133. The molecule has 1 N–H and O–H groups in total. The summed E-state index contributed by atoms with van der Waals surface area (Å²) < 4.78 is 14.4. The summed E-state index contributed by atoms with van der Waals surface area (Å²) >= 11 is 8.39. The van der Waals surface area contributed by atoms with E-state index >= 15 is 0 Å². The van der Waals surface area contributed by atoms with Gasteiger partial charge in [0.15, 0.2) is 5.16 Å². The number of aromatic nitrogens is 2. The van der Waals surface area contributed by atoms with Gasteiger partial charge in [-0.1, -0.05) is 23.4 Å². The van der Waals surface area contributed by atoms with Crippen LogP contribution < -0.4 is 10.9 Å². The molecule has 0 unspecified atom stereocenters. The molecular formula is C15H11ClFN3O2S2. The summed E-state index contributed by atoms with van der Waals surface area (Å²) in [7, 11) is 1.61. The molecular weight excluding hydrogens is 373 g/mol. The number of hydrogen-bond donors (Lipinski definition) is 1. The lowest BCUT2D eigenvalue weighted by Crippen LogP contribution is -2.20. The van der Waals surface area contributed by atoms with Crippen molar-refractivity contribution in [3.63, 3.8) is 0 Å². The van der Waals surface area contributed by atoms with Crippen LogP contribution in [0, 0.1) is 5.82 Å². The standard InChI is InChI=1S/C15H11ClFN3O2S2/c1-20-14(22)9-4-5-23-13(9)19-15(20)24-7-12(21)18-11-3-2-8(17)6-10(11)16/h2-6H,7H2,1H3,(H,18,21). The van der Waals surface area contributed by atoms with Gasteiger partial charge in [0.2, 0.25) is 5.91 Å². The molecule has 9 heteroatoms. The summed E-state index contributed by atoms with van der Waals surface area (Å²) in [6.45, 7) is 0. The number of thioether (sulfide) groups is 1. The highest BCUT2D eigenvalue weighted by Crippen LogP contribution is 2.24. The summed E-state index contributed by atoms with van der Waals surface area (Å²) in [4.78, 5) is 29.3. The van der Waals surface area contributed by atoms with Crippen LogP contribution in [0.4, 0.5) is 10.1 Å². The Hall–Kier alpha value is -1.90. The molecule has 3 aromatic rings. The van der Waals surface area contributed by atoms with Crippen molar-refractivity contribution in [2.45, 2.75) is 5.16 Å². The molecule has 0 aliphatic heterocycles. The first-order valence-corrected chi connectivity index (χ1v) is 9.02. The summed E-state index contributed by atoms with van der Waals surface area (Å²) in [6.07, 6.45) is 0. The average molecular weight is 384 g/mol. The van der Waals surface area contributed by atoms with Gasteiger partial charge in [0.1, 0.15) is 10.6 Å². The highest BCUT2D eigenvalue weighted by molar-refractivity contribution is 7.99. The van der Waals surface area contributed by atoms with Gasteiger partial charge in [-0.05, 0) is 29.6 Å². The fourth-order valence-corrected chi connectivity index (χ4v) is 3.81. The predicted molar refractivity (Wildman–Crippen MR) is 95.6 cm³/mol. The van der Waals surface area contributed by atoms with E-state index in [9.17, 15) is 14.0 Å². The Morgan fingerprint density at radius 2 is 2.25 bits per heavy atom. The number of hydrogen-bond acceptors (Lipinski definition) is 5.